The summed E-state index contributed by atoms with van der Waals surface area (Å²) in [5, 5.41) is 12.0. The minimum Gasteiger partial charge on any atom is -0.487 e. The van der Waals surface area contributed by atoms with Crippen LogP contribution in [-0.2, 0) is 11.4 Å². The van der Waals surface area contributed by atoms with Crippen LogP contribution in [0.2, 0.25) is 0 Å². The molecule has 0 saturated heterocycles. The van der Waals surface area contributed by atoms with Gasteiger partial charge in [0.2, 0.25) is 0 Å². The summed E-state index contributed by atoms with van der Waals surface area (Å²) in [5.74, 6) is 0.359. The Labute approximate surface area is 181 Å². The van der Waals surface area contributed by atoms with Crippen molar-refractivity contribution in [1.29, 1.82) is 5.26 Å². The third kappa shape index (κ3) is 6.36. The Morgan fingerprint density at radius 2 is 2.11 bits per heavy atom. The van der Waals surface area contributed by atoms with Crippen molar-refractivity contribution in [2.45, 2.75) is 33.4 Å². The molecule has 4 nitrogen and oxygen atoms in total. The summed E-state index contributed by atoms with van der Waals surface area (Å²) in [4.78, 5) is 12.1. The number of aryl methyl sites for hydroxylation is 1. The molecule has 27 heavy (non-hydrogen) atoms. The lowest BCUT2D eigenvalue weighted by atomic mass is 10.1. The van der Waals surface area contributed by atoms with Crippen LogP contribution in [0, 0.1) is 21.8 Å². The van der Waals surface area contributed by atoms with Gasteiger partial charge in [-0.3, -0.25) is 4.79 Å². The van der Waals surface area contributed by atoms with Crippen molar-refractivity contribution in [3.63, 3.8) is 0 Å². The number of nitrogens with one attached hydrogen (secondary N) is 1. The van der Waals surface area contributed by atoms with Crippen LogP contribution in [0.3, 0.4) is 0 Å². The zero-order valence-electron chi connectivity index (χ0n) is 15.3. The van der Waals surface area contributed by atoms with Gasteiger partial charge in [0.15, 0.2) is 0 Å². The number of nitrogens with zero attached hydrogens (tertiary/aromatic N) is 1. The van der Waals surface area contributed by atoms with Crippen molar-refractivity contribution in [2.75, 3.05) is 0 Å². The van der Waals surface area contributed by atoms with Crippen molar-refractivity contribution in [2.24, 2.45) is 0 Å². The predicted molar refractivity (Wildman–Crippen MR) is 119 cm³/mol. The van der Waals surface area contributed by atoms with Gasteiger partial charge in [-0.25, -0.2) is 0 Å². The lowest BCUT2D eigenvalue weighted by Gasteiger charge is -2.12. The Balaban J connectivity index is 2.21. The Morgan fingerprint density at radius 1 is 1.37 bits per heavy atom. The zero-order chi connectivity index (χ0) is 20.0. The highest BCUT2D eigenvalue weighted by Crippen LogP contribution is 2.33. The number of rotatable bonds is 6. The molecule has 1 N–H and O–H groups in total. The topological polar surface area (TPSA) is 62.1 Å². The molecular weight excluding hydrogens is 519 g/mol. The van der Waals surface area contributed by atoms with E-state index < -0.39 is 0 Å². The molecule has 140 valence electrons. The summed E-state index contributed by atoms with van der Waals surface area (Å²) in [5.41, 5.74) is 3.11. The number of carbonyl (C=O) groups is 1. The normalized spacial score (nSPS) is 11.2. The summed E-state index contributed by atoms with van der Waals surface area (Å²) in [6, 6.07) is 13.8. The monoisotopic (exact) mass is 538 g/mol. The van der Waals surface area contributed by atoms with Crippen molar-refractivity contribution >= 4 is 50.5 Å². The minimum absolute atomic E-state index is 0.0291. The van der Waals surface area contributed by atoms with E-state index in [1.54, 1.807) is 6.08 Å². The smallest absolute Gasteiger partial charge is 0.262 e. The molecule has 0 bridgehead atoms. The summed E-state index contributed by atoms with van der Waals surface area (Å²) >= 11 is 5.72. The second kappa shape index (κ2) is 9.90. The number of ether oxygens (including phenoxy) is 1. The fourth-order valence-electron chi connectivity index (χ4n) is 2.41. The van der Waals surface area contributed by atoms with Gasteiger partial charge in [0.1, 0.15) is 24.0 Å². The van der Waals surface area contributed by atoms with Gasteiger partial charge in [0.25, 0.3) is 5.91 Å². The van der Waals surface area contributed by atoms with Gasteiger partial charge in [-0.05, 0) is 88.6 Å². The van der Waals surface area contributed by atoms with Gasteiger partial charge in [0.05, 0.1) is 8.04 Å². The summed E-state index contributed by atoms with van der Waals surface area (Å²) in [6.07, 6.45) is 1.58. The molecule has 0 atom stereocenters. The molecule has 0 heterocycles. The second-order valence-electron chi connectivity index (χ2n) is 6.39. The van der Waals surface area contributed by atoms with Crippen LogP contribution >= 0.6 is 38.5 Å². The van der Waals surface area contributed by atoms with E-state index in [2.05, 4.69) is 49.9 Å². The van der Waals surface area contributed by atoms with E-state index in [0.29, 0.717) is 6.61 Å². The maximum absolute atomic E-state index is 12.1. The van der Waals surface area contributed by atoms with Crippen LogP contribution in [0.15, 0.2) is 46.4 Å². The van der Waals surface area contributed by atoms with Gasteiger partial charge in [-0.1, -0.05) is 29.8 Å². The highest BCUT2D eigenvalue weighted by molar-refractivity contribution is 14.1. The van der Waals surface area contributed by atoms with Gasteiger partial charge in [-0.2, -0.15) is 5.26 Å². The van der Waals surface area contributed by atoms with Crippen LogP contribution in [0.1, 0.15) is 30.5 Å². The minimum atomic E-state index is -0.376. The van der Waals surface area contributed by atoms with E-state index >= 15 is 0 Å². The third-order valence-electron chi connectivity index (χ3n) is 3.58. The second-order valence-corrected chi connectivity index (χ2v) is 8.41. The Morgan fingerprint density at radius 3 is 2.70 bits per heavy atom. The molecule has 0 saturated carbocycles. The fourth-order valence-corrected chi connectivity index (χ4v) is 4.18. The lowest BCUT2D eigenvalue weighted by molar-refractivity contribution is -0.117. The predicted octanol–water partition coefficient (Wildman–Crippen LogP) is 5.37. The van der Waals surface area contributed by atoms with Crippen molar-refractivity contribution in [3.8, 4) is 11.8 Å². The quantitative estimate of drug-likeness (QED) is 0.305. The summed E-state index contributed by atoms with van der Waals surface area (Å²) in [6.45, 7) is 6.22. The maximum Gasteiger partial charge on any atom is 0.262 e. The van der Waals surface area contributed by atoms with E-state index in [4.69, 9.17) is 4.74 Å². The van der Waals surface area contributed by atoms with Crippen molar-refractivity contribution in [3.05, 3.63) is 66.7 Å². The number of amides is 1. The summed E-state index contributed by atoms with van der Waals surface area (Å²) < 4.78 is 7.64. The van der Waals surface area contributed by atoms with Crippen LogP contribution in [0.5, 0.6) is 5.75 Å². The number of benzene rings is 2. The molecule has 2 aromatic carbocycles. The molecule has 6 heteroatoms. The molecule has 0 aromatic heterocycles. The first-order valence-corrected chi connectivity index (χ1v) is 10.3. The van der Waals surface area contributed by atoms with Crippen LogP contribution < -0.4 is 10.1 Å². The SMILES string of the molecule is Cc1cccc(COc2c(Br)cc(/C=C(/C#N)C(=O)NC(C)C)cc2I)c1. The number of hydrogen-bond donors (Lipinski definition) is 1. The molecule has 2 aromatic rings. The first kappa shape index (κ1) is 21.5. The highest BCUT2D eigenvalue weighted by atomic mass is 127. The van der Waals surface area contributed by atoms with Gasteiger partial charge in [-0.15, -0.1) is 0 Å². The standard InChI is InChI=1S/C21H20BrIN2O2/c1-13(2)25-21(26)17(11-24)8-16-9-18(22)20(19(23)10-16)27-12-15-6-4-5-14(3)7-15/h4-10,13H,12H2,1-3H3,(H,25,26)/b17-8-. The van der Waals surface area contributed by atoms with Crippen LogP contribution in [0.25, 0.3) is 6.08 Å². The Hall–Kier alpha value is -1.85. The van der Waals surface area contributed by atoms with Crippen LogP contribution in [0.4, 0.5) is 0 Å². The number of halogens is 2. The first-order valence-electron chi connectivity index (χ1n) is 8.40. The molecule has 0 radical (unpaired) electrons. The number of nitriles is 1. The highest BCUT2D eigenvalue weighted by Gasteiger charge is 2.13. The molecule has 0 aliphatic rings. The first-order chi connectivity index (χ1) is 12.8. The summed E-state index contributed by atoms with van der Waals surface area (Å²) in [7, 11) is 0. The largest absolute Gasteiger partial charge is 0.487 e. The van der Waals surface area contributed by atoms with E-state index in [1.165, 1.54) is 5.56 Å². The number of carbonyl (C=O) groups excluding carboxylic acids is 1. The average Bonchev–Trinajstić information content (AvgIpc) is 2.58. The molecule has 2 rings (SSSR count). The molecule has 0 spiro atoms. The molecule has 1 amide bonds. The van der Waals surface area contributed by atoms with E-state index in [1.807, 2.05) is 57.2 Å². The van der Waals surface area contributed by atoms with Gasteiger partial charge < -0.3 is 10.1 Å². The Bertz CT molecular complexity index is 894. The zero-order valence-corrected chi connectivity index (χ0v) is 19.1. The maximum atomic E-state index is 12.1. The van der Waals surface area contributed by atoms with Gasteiger partial charge in [0, 0.05) is 6.04 Å². The molecule has 0 fully saturated rings. The van der Waals surface area contributed by atoms with E-state index in [-0.39, 0.29) is 17.5 Å². The molecule has 0 unspecified atom stereocenters. The molecular formula is C21H20BrIN2O2. The molecule has 0 aliphatic carbocycles. The van der Waals surface area contributed by atoms with Gasteiger partial charge >= 0.3 is 0 Å². The van der Waals surface area contributed by atoms with E-state index in [0.717, 1.165) is 24.9 Å². The van der Waals surface area contributed by atoms with Crippen molar-refractivity contribution in [1.82, 2.24) is 5.32 Å². The molecule has 0 aliphatic heterocycles. The fraction of sp³-hybridized carbons (Fsp3) is 0.238. The van der Waals surface area contributed by atoms with Crippen LogP contribution in [-0.4, -0.2) is 11.9 Å². The lowest BCUT2D eigenvalue weighted by Crippen LogP contribution is -2.30. The Kier molecular flexibility index (Phi) is 7.87. The van der Waals surface area contributed by atoms with Crippen molar-refractivity contribution < 1.29 is 9.53 Å². The average molecular weight is 539 g/mol. The number of hydrogen-bond acceptors (Lipinski definition) is 3. The third-order valence-corrected chi connectivity index (χ3v) is 4.97. The van der Waals surface area contributed by atoms with E-state index in [9.17, 15) is 10.1 Å².